The molecule has 136 valence electrons. The van der Waals surface area contributed by atoms with Gasteiger partial charge in [0.1, 0.15) is 5.39 Å². The Morgan fingerprint density at radius 2 is 2.00 bits per heavy atom. The number of nitrogens with one attached hydrogen (secondary N) is 1. The first-order valence-electron chi connectivity index (χ1n) is 8.48. The minimum absolute atomic E-state index is 0.00737. The minimum atomic E-state index is -0.267. The topological polar surface area (TPSA) is 74.5 Å². The van der Waals surface area contributed by atoms with Crippen molar-refractivity contribution in [1.29, 1.82) is 0 Å². The number of benzene rings is 1. The molecule has 0 aliphatic carbocycles. The largest absolute Gasteiger partial charge is 0.493 e. The normalized spacial score (nSPS) is 14.6. The Hall–Kier alpha value is -2.80. The van der Waals surface area contributed by atoms with E-state index in [1.165, 1.54) is 7.11 Å². The molecular formula is C19H21N3O4. The molecule has 1 N–H and O–H groups in total. The van der Waals surface area contributed by atoms with Gasteiger partial charge in [0.2, 0.25) is 0 Å². The lowest BCUT2D eigenvalue weighted by Crippen LogP contribution is -2.48. The molecule has 3 aromatic rings. The summed E-state index contributed by atoms with van der Waals surface area (Å²) in [6.07, 6.45) is 0. The van der Waals surface area contributed by atoms with Gasteiger partial charge in [0.05, 0.1) is 37.4 Å². The Labute approximate surface area is 150 Å². The van der Waals surface area contributed by atoms with Crippen molar-refractivity contribution in [2.75, 3.05) is 20.3 Å². The van der Waals surface area contributed by atoms with Gasteiger partial charge in [-0.2, -0.15) is 0 Å². The standard InChI is InChI=1S/C19H21N3O4/c1-10-5-6-13-12(7-10)15-14(19(24)21(13)2)17(25-4)16(22(15)3)18(23)20-11-8-26-9-11/h5-7,11H,8-9H2,1-4H3,(H,20,23). The quantitative estimate of drug-likeness (QED) is 0.772. The second-order valence-electron chi connectivity index (χ2n) is 6.76. The van der Waals surface area contributed by atoms with Crippen LogP contribution in [-0.4, -0.2) is 41.4 Å². The van der Waals surface area contributed by atoms with Crippen molar-refractivity contribution < 1.29 is 14.3 Å². The van der Waals surface area contributed by atoms with Crippen LogP contribution in [0.25, 0.3) is 21.8 Å². The number of methoxy groups -OCH3 is 1. The fourth-order valence-electron chi connectivity index (χ4n) is 3.61. The summed E-state index contributed by atoms with van der Waals surface area (Å²) < 4.78 is 14.0. The molecule has 3 heterocycles. The smallest absolute Gasteiger partial charge is 0.272 e. The molecular weight excluding hydrogens is 334 g/mol. The molecule has 1 aliphatic heterocycles. The molecule has 4 rings (SSSR count). The molecule has 1 saturated heterocycles. The van der Waals surface area contributed by atoms with Crippen LogP contribution in [0.2, 0.25) is 0 Å². The molecule has 2 aromatic heterocycles. The highest BCUT2D eigenvalue weighted by Gasteiger charge is 2.29. The third-order valence-electron chi connectivity index (χ3n) is 5.03. The molecule has 26 heavy (non-hydrogen) atoms. The van der Waals surface area contributed by atoms with Gasteiger partial charge < -0.3 is 23.9 Å². The first-order valence-corrected chi connectivity index (χ1v) is 8.48. The van der Waals surface area contributed by atoms with E-state index in [1.807, 2.05) is 25.1 Å². The number of carbonyl (C=O) groups excluding carboxylic acids is 1. The van der Waals surface area contributed by atoms with Crippen LogP contribution in [0.3, 0.4) is 0 Å². The summed E-state index contributed by atoms with van der Waals surface area (Å²) in [6.45, 7) is 3.00. The van der Waals surface area contributed by atoms with E-state index in [4.69, 9.17) is 9.47 Å². The highest BCUT2D eigenvalue weighted by atomic mass is 16.5. The van der Waals surface area contributed by atoms with Gasteiger partial charge in [-0.3, -0.25) is 9.59 Å². The zero-order valence-electron chi connectivity index (χ0n) is 15.3. The lowest BCUT2D eigenvalue weighted by Gasteiger charge is -2.26. The van der Waals surface area contributed by atoms with Crippen LogP contribution in [0.15, 0.2) is 23.0 Å². The molecule has 1 amide bonds. The predicted molar refractivity (Wildman–Crippen MR) is 99.0 cm³/mol. The lowest BCUT2D eigenvalue weighted by molar-refractivity contribution is -0.00363. The van der Waals surface area contributed by atoms with Gasteiger partial charge in [0, 0.05) is 19.5 Å². The van der Waals surface area contributed by atoms with Crippen LogP contribution >= 0.6 is 0 Å². The maximum Gasteiger partial charge on any atom is 0.272 e. The minimum Gasteiger partial charge on any atom is -0.493 e. The van der Waals surface area contributed by atoms with Crippen molar-refractivity contribution in [3.63, 3.8) is 0 Å². The average molecular weight is 355 g/mol. The van der Waals surface area contributed by atoms with Gasteiger partial charge in [0.15, 0.2) is 11.4 Å². The fourth-order valence-corrected chi connectivity index (χ4v) is 3.61. The second kappa shape index (κ2) is 5.88. The summed E-state index contributed by atoms with van der Waals surface area (Å²) in [5.74, 6) is 0.0426. The van der Waals surface area contributed by atoms with Crippen LogP contribution < -0.4 is 15.6 Å². The van der Waals surface area contributed by atoms with Crippen LogP contribution in [0, 0.1) is 6.92 Å². The summed E-state index contributed by atoms with van der Waals surface area (Å²) in [5.41, 5.74) is 2.76. The summed E-state index contributed by atoms with van der Waals surface area (Å²) in [6, 6.07) is 5.92. The molecule has 0 saturated carbocycles. The molecule has 7 heteroatoms. The summed E-state index contributed by atoms with van der Waals surface area (Å²) >= 11 is 0. The zero-order valence-corrected chi connectivity index (χ0v) is 15.3. The molecule has 1 aromatic carbocycles. The van der Waals surface area contributed by atoms with E-state index in [0.717, 1.165) is 16.5 Å². The van der Waals surface area contributed by atoms with Gasteiger partial charge in [-0.25, -0.2) is 0 Å². The fraction of sp³-hybridized carbons (Fsp3) is 0.368. The maximum atomic E-state index is 13.0. The average Bonchev–Trinajstić information content (AvgIpc) is 2.88. The second-order valence-corrected chi connectivity index (χ2v) is 6.76. The third-order valence-corrected chi connectivity index (χ3v) is 5.03. The number of ether oxygens (including phenoxy) is 2. The highest BCUT2D eigenvalue weighted by molar-refractivity contribution is 6.12. The van der Waals surface area contributed by atoms with Crippen molar-refractivity contribution in [1.82, 2.24) is 14.5 Å². The van der Waals surface area contributed by atoms with Crippen molar-refractivity contribution in [2.45, 2.75) is 13.0 Å². The molecule has 7 nitrogen and oxygen atoms in total. The van der Waals surface area contributed by atoms with E-state index >= 15 is 0 Å². The number of aryl methyl sites for hydroxylation is 3. The molecule has 1 fully saturated rings. The van der Waals surface area contributed by atoms with Crippen LogP contribution in [0.1, 0.15) is 16.1 Å². The van der Waals surface area contributed by atoms with Gasteiger partial charge in [-0.1, -0.05) is 11.6 Å². The first-order chi connectivity index (χ1) is 12.4. The van der Waals surface area contributed by atoms with Gasteiger partial charge in [0.25, 0.3) is 11.5 Å². The summed E-state index contributed by atoms with van der Waals surface area (Å²) in [5, 5.41) is 4.26. The van der Waals surface area contributed by atoms with Gasteiger partial charge in [-0.15, -0.1) is 0 Å². The lowest BCUT2D eigenvalue weighted by atomic mass is 10.1. The molecule has 0 radical (unpaired) electrons. The van der Waals surface area contributed by atoms with Crippen LogP contribution in [-0.2, 0) is 18.8 Å². The number of pyridine rings is 1. The number of carbonyl (C=O) groups is 1. The number of rotatable bonds is 3. The number of fused-ring (bicyclic) bond motifs is 3. The highest BCUT2D eigenvalue weighted by Crippen LogP contribution is 2.34. The number of hydrogen-bond acceptors (Lipinski definition) is 4. The van der Waals surface area contributed by atoms with Crippen LogP contribution in [0.5, 0.6) is 5.75 Å². The third kappa shape index (κ3) is 2.24. The summed E-state index contributed by atoms with van der Waals surface area (Å²) in [4.78, 5) is 25.8. The van der Waals surface area contributed by atoms with Crippen molar-refractivity contribution in [2.24, 2.45) is 14.1 Å². The van der Waals surface area contributed by atoms with E-state index in [2.05, 4.69) is 5.32 Å². The molecule has 0 unspecified atom stereocenters. The SMILES string of the molecule is COc1c(C(=O)NC2COC2)n(C)c2c1c(=O)n(C)c1ccc(C)cc21. The van der Waals surface area contributed by atoms with Crippen molar-refractivity contribution in [3.05, 3.63) is 39.8 Å². The van der Waals surface area contributed by atoms with Crippen molar-refractivity contribution in [3.8, 4) is 5.75 Å². The Kier molecular flexibility index (Phi) is 3.77. The number of amides is 1. The van der Waals surface area contributed by atoms with E-state index in [1.54, 1.807) is 23.2 Å². The summed E-state index contributed by atoms with van der Waals surface area (Å²) in [7, 11) is 5.01. The number of hydrogen-bond donors (Lipinski definition) is 1. The van der Waals surface area contributed by atoms with Crippen molar-refractivity contribution >= 4 is 27.7 Å². The Bertz CT molecular complexity index is 1110. The predicted octanol–water partition coefficient (Wildman–Crippen LogP) is 1.48. The first kappa shape index (κ1) is 16.7. The molecule has 0 bridgehead atoms. The van der Waals surface area contributed by atoms with E-state index < -0.39 is 0 Å². The Morgan fingerprint density at radius 3 is 2.62 bits per heavy atom. The van der Waals surface area contributed by atoms with E-state index in [9.17, 15) is 9.59 Å². The van der Waals surface area contributed by atoms with Gasteiger partial charge >= 0.3 is 0 Å². The Morgan fingerprint density at radius 1 is 1.27 bits per heavy atom. The molecule has 0 spiro atoms. The maximum absolute atomic E-state index is 13.0. The number of nitrogens with zero attached hydrogens (tertiary/aromatic N) is 2. The number of aromatic nitrogens is 2. The Balaban J connectivity index is 2.08. The van der Waals surface area contributed by atoms with Gasteiger partial charge in [-0.05, 0) is 19.1 Å². The van der Waals surface area contributed by atoms with E-state index in [0.29, 0.717) is 35.6 Å². The molecule has 1 aliphatic rings. The molecule has 0 atom stereocenters. The van der Waals surface area contributed by atoms with Crippen LogP contribution in [0.4, 0.5) is 0 Å². The zero-order chi connectivity index (χ0) is 18.6. The monoisotopic (exact) mass is 355 g/mol. The van der Waals surface area contributed by atoms with E-state index in [-0.39, 0.29) is 17.5 Å².